The van der Waals surface area contributed by atoms with Gasteiger partial charge in [-0.15, -0.1) is 0 Å². The second-order valence-electron chi connectivity index (χ2n) is 8.15. The van der Waals surface area contributed by atoms with Gasteiger partial charge in [-0.05, 0) is 24.3 Å². The fraction of sp³-hybridized carbons (Fsp3) is 0.650. The van der Waals surface area contributed by atoms with Crippen molar-refractivity contribution >= 4 is 5.97 Å². The van der Waals surface area contributed by atoms with Crippen LogP contribution in [-0.4, -0.2) is 64.8 Å². The van der Waals surface area contributed by atoms with E-state index in [4.69, 9.17) is 9.84 Å². The minimum absolute atomic E-state index is 0.0406. The van der Waals surface area contributed by atoms with E-state index in [0.29, 0.717) is 29.6 Å². The lowest BCUT2D eigenvalue weighted by Crippen LogP contribution is -2.50. The first-order valence-corrected chi connectivity index (χ1v) is 9.50. The highest BCUT2D eigenvalue weighted by molar-refractivity contribution is 5.67. The third-order valence-electron chi connectivity index (χ3n) is 6.06. The average Bonchev–Trinajstić information content (AvgIpc) is 3.25. The standard InChI is InChI=1S/C20H29NO5/c1-21(14-18(22)23)12-11-17(13-21)26-19(24)20(25,16-9-5-6-10-16)15-7-3-2-4-8-15/h2-4,7-8,16-17,19,24-25H,5-6,9-14H2,1H3/p+1/t17-,19?,20-,21?/m1/s1. The van der Waals surface area contributed by atoms with Gasteiger partial charge in [0.25, 0.3) is 0 Å². The van der Waals surface area contributed by atoms with Crippen LogP contribution in [-0.2, 0) is 15.1 Å². The highest BCUT2D eigenvalue weighted by atomic mass is 16.6. The van der Waals surface area contributed by atoms with Crippen LogP contribution in [0.2, 0.25) is 0 Å². The molecule has 0 amide bonds. The maximum atomic E-state index is 11.5. The molecule has 0 radical (unpaired) electrons. The van der Waals surface area contributed by atoms with Crippen molar-refractivity contribution in [2.45, 2.75) is 50.1 Å². The van der Waals surface area contributed by atoms with E-state index >= 15 is 0 Å². The van der Waals surface area contributed by atoms with Crippen LogP contribution in [0, 0.1) is 5.92 Å². The number of aliphatic carboxylic acids is 1. The predicted octanol–water partition coefficient (Wildman–Crippen LogP) is 1.70. The molecule has 6 heteroatoms. The van der Waals surface area contributed by atoms with Crippen molar-refractivity contribution in [3.8, 4) is 0 Å². The topological polar surface area (TPSA) is 87.0 Å². The van der Waals surface area contributed by atoms with Crippen LogP contribution in [0.5, 0.6) is 0 Å². The third-order valence-corrected chi connectivity index (χ3v) is 6.06. The van der Waals surface area contributed by atoms with E-state index in [-0.39, 0.29) is 18.6 Å². The zero-order chi connectivity index (χ0) is 18.8. The van der Waals surface area contributed by atoms with Crippen molar-refractivity contribution in [3.63, 3.8) is 0 Å². The number of likely N-dealkylation sites (tertiary alicyclic amines) is 1. The van der Waals surface area contributed by atoms with Crippen LogP contribution in [0.25, 0.3) is 0 Å². The van der Waals surface area contributed by atoms with E-state index < -0.39 is 17.9 Å². The minimum atomic E-state index is -1.43. The Labute approximate surface area is 154 Å². The molecule has 1 aromatic carbocycles. The maximum absolute atomic E-state index is 11.5. The van der Waals surface area contributed by atoms with Gasteiger partial charge in [-0.3, -0.25) is 0 Å². The summed E-state index contributed by atoms with van der Waals surface area (Å²) in [7, 11) is 1.89. The zero-order valence-electron chi connectivity index (χ0n) is 15.4. The first-order chi connectivity index (χ1) is 12.3. The number of quaternary nitrogens is 1. The Hall–Kier alpha value is -1.47. The molecule has 0 spiro atoms. The Balaban J connectivity index is 1.75. The molecule has 1 heterocycles. The van der Waals surface area contributed by atoms with E-state index in [1.54, 1.807) is 0 Å². The lowest BCUT2D eigenvalue weighted by molar-refractivity contribution is -0.891. The summed E-state index contributed by atoms with van der Waals surface area (Å²) in [6, 6.07) is 9.28. The average molecular weight is 364 g/mol. The van der Waals surface area contributed by atoms with Crippen LogP contribution in [0.4, 0.5) is 0 Å². The molecule has 1 saturated carbocycles. The van der Waals surface area contributed by atoms with Crippen LogP contribution in [0.15, 0.2) is 30.3 Å². The summed E-state index contributed by atoms with van der Waals surface area (Å²) in [5.41, 5.74) is -0.753. The summed E-state index contributed by atoms with van der Waals surface area (Å²) in [6.07, 6.45) is 2.91. The number of benzene rings is 1. The maximum Gasteiger partial charge on any atom is 0.359 e. The fourth-order valence-corrected chi connectivity index (χ4v) is 4.65. The van der Waals surface area contributed by atoms with E-state index in [0.717, 1.165) is 25.7 Å². The number of carboxylic acids is 1. The number of likely N-dealkylation sites (N-methyl/N-ethyl adjacent to an activating group) is 1. The van der Waals surface area contributed by atoms with E-state index in [1.165, 1.54) is 0 Å². The first kappa shape index (κ1) is 19.3. The second-order valence-corrected chi connectivity index (χ2v) is 8.15. The number of rotatable bonds is 7. The van der Waals surface area contributed by atoms with Crippen molar-refractivity contribution in [2.75, 3.05) is 26.7 Å². The number of aliphatic hydroxyl groups excluding tert-OH is 1. The van der Waals surface area contributed by atoms with E-state index in [9.17, 15) is 15.0 Å². The Morgan fingerprint density at radius 2 is 1.92 bits per heavy atom. The Kier molecular flexibility index (Phi) is 5.67. The molecule has 1 aromatic rings. The first-order valence-electron chi connectivity index (χ1n) is 9.50. The molecule has 2 unspecified atom stereocenters. The molecule has 2 fully saturated rings. The van der Waals surface area contributed by atoms with E-state index in [1.807, 2.05) is 37.4 Å². The Morgan fingerprint density at radius 3 is 2.54 bits per heavy atom. The third kappa shape index (κ3) is 3.93. The molecule has 1 aliphatic carbocycles. The normalized spacial score (nSPS) is 30.2. The summed E-state index contributed by atoms with van der Waals surface area (Å²) in [5.74, 6) is -0.873. The monoisotopic (exact) mass is 364 g/mol. The molecule has 1 aliphatic heterocycles. The van der Waals surface area contributed by atoms with Gasteiger partial charge in [0.1, 0.15) is 18.2 Å². The fourth-order valence-electron chi connectivity index (χ4n) is 4.65. The van der Waals surface area contributed by atoms with Crippen molar-refractivity contribution in [1.82, 2.24) is 0 Å². The number of ether oxygens (including phenoxy) is 1. The van der Waals surface area contributed by atoms with Gasteiger partial charge in [-0.1, -0.05) is 43.2 Å². The minimum Gasteiger partial charge on any atom is -0.477 e. The van der Waals surface area contributed by atoms with E-state index in [2.05, 4.69) is 0 Å². The summed E-state index contributed by atoms with van der Waals surface area (Å²) in [6.45, 7) is 1.26. The highest BCUT2D eigenvalue weighted by Gasteiger charge is 2.49. The van der Waals surface area contributed by atoms with Crippen LogP contribution >= 0.6 is 0 Å². The lowest BCUT2D eigenvalue weighted by Gasteiger charge is -2.39. The van der Waals surface area contributed by atoms with Gasteiger partial charge < -0.3 is 24.5 Å². The number of nitrogens with zero attached hydrogens (tertiary/aromatic N) is 1. The molecule has 26 heavy (non-hydrogen) atoms. The Bertz CT molecular complexity index is 618. The summed E-state index contributed by atoms with van der Waals surface area (Å²) in [4.78, 5) is 11.1. The van der Waals surface area contributed by atoms with Crippen LogP contribution in [0.3, 0.4) is 0 Å². The van der Waals surface area contributed by atoms with Crippen molar-refractivity contribution in [1.29, 1.82) is 0 Å². The van der Waals surface area contributed by atoms with Gasteiger partial charge in [-0.2, -0.15) is 0 Å². The highest BCUT2D eigenvalue weighted by Crippen LogP contribution is 2.43. The zero-order valence-corrected chi connectivity index (χ0v) is 15.4. The lowest BCUT2D eigenvalue weighted by atomic mass is 9.79. The number of carbonyl (C=O) groups is 1. The molecule has 6 nitrogen and oxygen atoms in total. The number of aliphatic hydroxyl groups is 2. The molecule has 0 aromatic heterocycles. The molecule has 0 bridgehead atoms. The van der Waals surface area contributed by atoms with Crippen molar-refractivity contribution < 1.29 is 29.3 Å². The number of carboxylic acid groups (broad SMARTS) is 1. The van der Waals surface area contributed by atoms with Crippen molar-refractivity contribution in [2.24, 2.45) is 5.92 Å². The number of hydrogen-bond donors (Lipinski definition) is 3. The van der Waals surface area contributed by atoms with Gasteiger partial charge >= 0.3 is 5.97 Å². The van der Waals surface area contributed by atoms with Gasteiger partial charge in [0.05, 0.1) is 13.6 Å². The molecule has 4 atom stereocenters. The van der Waals surface area contributed by atoms with Gasteiger partial charge in [0, 0.05) is 6.42 Å². The Morgan fingerprint density at radius 1 is 1.27 bits per heavy atom. The summed E-state index contributed by atoms with van der Waals surface area (Å²) in [5, 5.41) is 31.5. The summed E-state index contributed by atoms with van der Waals surface area (Å²) < 4.78 is 6.31. The molecule has 1 saturated heterocycles. The summed E-state index contributed by atoms with van der Waals surface area (Å²) >= 11 is 0. The quantitative estimate of drug-likeness (QED) is 0.506. The SMILES string of the molecule is C[N+]1(CC(=O)O)CC[C@@H](OC(O)[C@@](O)(c2ccccc2)C2CCCC2)C1. The smallest absolute Gasteiger partial charge is 0.359 e. The van der Waals surface area contributed by atoms with Crippen molar-refractivity contribution in [3.05, 3.63) is 35.9 Å². The van der Waals surface area contributed by atoms with Gasteiger partial charge in [0.2, 0.25) is 0 Å². The van der Waals surface area contributed by atoms with Gasteiger partial charge in [0.15, 0.2) is 12.8 Å². The van der Waals surface area contributed by atoms with Gasteiger partial charge in [-0.25, -0.2) is 4.79 Å². The molecular formula is C20H30NO5+. The number of hydrogen-bond acceptors (Lipinski definition) is 4. The molecule has 144 valence electrons. The second kappa shape index (κ2) is 7.64. The molecule has 3 N–H and O–H groups in total. The largest absolute Gasteiger partial charge is 0.477 e. The molecular weight excluding hydrogens is 334 g/mol. The predicted molar refractivity (Wildman–Crippen MR) is 96.2 cm³/mol. The molecule has 2 aliphatic rings. The van der Waals surface area contributed by atoms with Crippen LogP contribution < -0.4 is 0 Å². The molecule has 3 rings (SSSR count). The van der Waals surface area contributed by atoms with Crippen LogP contribution in [0.1, 0.15) is 37.7 Å².